The van der Waals surface area contributed by atoms with Crippen LogP contribution in [0.15, 0.2) is 43.0 Å². The lowest BCUT2D eigenvalue weighted by molar-refractivity contribution is -0.137. The van der Waals surface area contributed by atoms with Crippen molar-refractivity contribution in [1.29, 1.82) is 0 Å². The number of nitrogens with zero attached hydrogens (tertiary/aromatic N) is 6. The van der Waals surface area contributed by atoms with Crippen LogP contribution in [0.25, 0.3) is 11.2 Å². The summed E-state index contributed by atoms with van der Waals surface area (Å²) in [6.07, 6.45) is 5.67. The molecule has 11 nitrogen and oxygen atoms in total. The second-order valence-electron chi connectivity index (χ2n) is 11.4. The van der Waals surface area contributed by atoms with Crippen LogP contribution in [0.5, 0.6) is 0 Å². The third-order valence-corrected chi connectivity index (χ3v) is 7.59. The van der Waals surface area contributed by atoms with Gasteiger partial charge < -0.3 is 19.7 Å². The molecule has 0 saturated carbocycles. The van der Waals surface area contributed by atoms with Crippen molar-refractivity contribution < 1.29 is 19.1 Å². The number of aromatic nitrogens is 4. The predicted molar refractivity (Wildman–Crippen MR) is 140 cm³/mol. The van der Waals surface area contributed by atoms with E-state index in [4.69, 9.17) is 9.47 Å². The number of fused-ring (bicyclic) bond motifs is 1. The molecular formula is C27H33N7O4. The van der Waals surface area contributed by atoms with E-state index in [1.165, 1.54) is 6.33 Å². The fraction of sp³-hybridized carbons (Fsp3) is 0.519. The lowest BCUT2D eigenvalue weighted by Crippen LogP contribution is -2.78. The summed E-state index contributed by atoms with van der Waals surface area (Å²) in [6.45, 7) is 8.93. The second-order valence-corrected chi connectivity index (χ2v) is 11.4. The molecule has 0 radical (unpaired) electrons. The monoisotopic (exact) mass is 519 g/mol. The molecule has 3 aliphatic rings. The molecule has 3 aromatic rings. The van der Waals surface area contributed by atoms with E-state index in [1.807, 2.05) is 43.5 Å². The van der Waals surface area contributed by atoms with Crippen molar-refractivity contribution in [2.45, 2.75) is 63.5 Å². The van der Waals surface area contributed by atoms with E-state index in [9.17, 15) is 9.59 Å². The number of ether oxygens (including phenoxy) is 2. The number of rotatable bonds is 5. The van der Waals surface area contributed by atoms with E-state index in [2.05, 4.69) is 25.2 Å². The molecule has 38 heavy (non-hydrogen) atoms. The fourth-order valence-electron chi connectivity index (χ4n) is 5.54. The van der Waals surface area contributed by atoms with Crippen LogP contribution in [0.4, 0.5) is 10.6 Å². The van der Waals surface area contributed by atoms with E-state index in [0.717, 1.165) is 32.4 Å². The van der Waals surface area contributed by atoms with Crippen molar-refractivity contribution in [2.24, 2.45) is 0 Å². The van der Waals surface area contributed by atoms with E-state index < -0.39 is 5.60 Å². The summed E-state index contributed by atoms with van der Waals surface area (Å²) in [5.41, 5.74) is 1.27. The highest BCUT2D eigenvalue weighted by Crippen LogP contribution is 2.41. The van der Waals surface area contributed by atoms with Gasteiger partial charge in [0.25, 0.3) is 5.91 Å². The van der Waals surface area contributed by atoms with Gasteiger partial charge in [-0.3, -0.25) is 14.3 Å². The molecule has 2 amide bonds. The molecule has 6 rings (SSSR count). The van der Waals surface area contributed by atoms with Crippen LogP contribution in [-0.2, 0) is 9.47 Å². The molecule has 2 aromatic heterocycles. The summed E-state index contributed by atoms with van der Waals surface area (Å²) in [5.74, 6) is 0.126. The first-order valence-electron chi connectivity index (χ1n) is 13.1. The Bertz CT molecular complexity index is 1350. The topological polar surface area (TPSA) is 115 Å². The number of hydrogen-bond acceptors (Lipinski definition) is 8. The second kappa shape index (κ2) is 9.32. The molecular weight excluding hydrogens is 486 g/mol. The quantitative estimate of drug-likeness (QED) is 0.545. The maximum atomic E-state index is 12.6. The van der Waals surface area contributed by atoms with Crippen molar-refractivity contribution in [3.63, 3.8) is 0 Å². The lowest BCUT2D eigenvalue weighted by Gasteiger charge is -2.62. The first-order chi connectivity index (χ1) is 18.2. The summed E-state index contributed by atoms with van der Waals surface area (Å²) in [5, 5.41) is 2.85. The maximum absolute atomic E-state index is 12.6. The minimum Gasteiger partial charge on any atom is -0.444 e. The number of carbonyl (C=O) groups is 2. The normalized spacial score (nSPS) is 22.8. The number of hydrogen-bond donors (Lipinski definition) is 1. The number of carbonyl (C=O) groups excluding carboxylic acids is 2. The Morgan fingerprint density at radius 3 is 2.63 bits per heavy atom. The third-order valence-electron chi connectivity index (χ3n) is 7.59. The van der Waals surface area contributed by atoms with Gasteiger partial charge in [0.1, 0.15) is 18.2 Å². The molecule has 1 aromatic carbocycles. The zero-order valence-electron chi connectivity index (χ0n) is 22.0. The Balaban J connectivity index is 1.07. The van der Waals surface area contributed by atoms with Crippen LogP contribution in [0, 0.1) is 0 Å². The Kier molecular flexibility index (Phi) is 6.07. The third kappa shape index (κ3) is 4.60. The summed E-state index contributed by atoms with van der Waals surface area (Å²) in [7, 11) is 0. The molecule has 0 bridgehead atoms. The number of likely N-dealkylation sites (tertiary alicyclic amines) is 2. The van der Waals surface area contributed by atoms with Crippen LogP contribution in [0.3, 0.4) is 0 Å². The lowest BCUT2D eigenvalue weighted by atomic mass is 9.77. The molecule has 3 fully saturated rings. The van der Waals surface area contributed by atoms with Crippen LogP contribution in [-0.4, -0.2) is 84.7 Å². The van der Waals surface area contributed by atoms with Gasteiger partial charge in [0, 0.05) is 31.7 Å². The Hall–Kier alpha value is -3.57. The summed E-state index contributed by atoms with van der Waals surface area (Å²) in [4.78, 5) is 42.4. The predicted octanol–water partition coefficient (Wildman–Crippen LogP) is 3.45. The van der Waals surface area contributed by atoms with Gasteiger partial charge in [-0.1, -0.05) is 18.2 Å². The average Bonchev–Trinajstić information content (AvgIpc) is 3.48. The first kappa shape index (κ1) is 24.7. The van der Waals surface area contributed by atoms with E-state index in [1.54, 1.807) is 23.4 Å². The maximum Gasteiger partial charge on any atom is 0.410 e. The largest absolute Gasteiger partial charge is 0.444 e. The molecule has 1 spiro atoms. The number of imidazole rings is 1. The first-order valence-corrected chi connectivity index (χ1v) is 13.1. The van der Waals surface area contributed by atoms with Gasteiger partial charge in [-0.25, -0.2) is 19.7 Å². The van der Waals surface area contributed by atoms with E-state index in [-0.39, 0.29) is 29.9 Å². The smallest absolute Gasteiger partial charge is 0.410 e. The van der Waals surface area contributed by atoms with Crippen LogP contribution in [0.2, 0.25) is 0 Å². The molecule has 5 heterocycles. The highest BCUT2D eigenvalue weighted by Gasteiger charge is 2.56. The summed E-state index contributed by atoms with van der Waals surface area (Å²) >= 11 is 0. The minimum atomic E-state index is -0.484. The molecule has 200 valence electrons. The highest BCUT2D eigenvalue weighted by molar-refractivity contribution is 6.06. The molecule has 3 aliphatic heterocycles. The molecule has 2 atom stereocenters. The number of nitrogens with one attached hydrogen (secondary N) is 1. The summed E-state index contributed by atoms with van der Waals surface area (Å²) in [6, 6.07) is 9.00. The van der Waals surface area contributed by atoms with Gasteiger partial charge in [-0.2, -0.15) is 0 Å². The molecule has 3 saturated heterocycles. The number of anilines is 1. The Morgan fingerprint density at radius 2 is 1.92 bits per heavy atom. The standard InChI is InChI=1S/C27H33N7O4/c1-26(2,3)38-25(36)32-14-27(15-32)11-12-33(27)13-19-9-10-20(37-19)34-17-30-21-22(28-16-29-23(21)34)31-24(35)18-7-5-4-6-8-18/h4-8,16-17,19-20H,9-15H2,1-3H3,(H,28,29,31,35). The number of amides is 2. The fourth-order valence-corrected chi connectivity index (χ4v) is 5.54. The van der Waals surface area contributed by atoms with Crippen molar-refractivity contribution in [1.82, 2.24) is 29.3 Å². The Morgan fingerprint density at radius 1 is 1.13 bits per heavy atom. The molecule has 11 heteroatoms. The zero-order chi connectivity index (χ0) is 26.5. The van der Waals surface area contributed by atoms with Gasteiger partial charge in [0.15, 0.2) is 17.0 Å². The average molecular weight is 520 g/mol. The van der Waals surface area contributed by atoms with Gasteiger partial charge in [0.2, 0.25) is 0 Å². The van der Waals surface area contributed by atoms with E-state index in [0.29, 0.717) is 35.6 Å². The van der Waals surface area contributed by atoms with E-state index >= 15 is 0 Å². The summed E-state index contributed by atoms with van der Waals surface area (Å²) < 4.78 is 13.9. The molecule has 2 unspecified atom stereocenters. The minimum absolute atomic E-state index is 0.0547. The van der Waals surface area contributed by atoms with Crippen LogP contribution in [0.1, 0.15) is 56.6 Å². The number of benzene rings is 1. The SMILES string of the molecule is CC(C)(C)OC(=O)N1CC2(CCN2CC2CCC(n3cnc4c(NC(=O)c5ccccc5)ncnc43)O2)C1. The van der Waals surface area contributed by atoms with Gasteiger partial charge in [0.05, 0.1) is 18.0 Å². The molecule has 0 aliphatic carbocycles. The van der Waals surface area contributed by atoms with Crippen molar-refractivity contribution in [3.05, 3.63) is 48.5 Å². The zero-order valence-corrected chi connectivity index (χ0v) is 22.0. The van der Waals surface area contributed by atoms with Crippen LogP contribution < -0.4 is 5.32 Å². The van der Waals surface area contributed by atoms with Gasteiger partial charge in [-0.05, 0) is 52.2 Å². The van der Waals surface area contributed by atoms with Crippen LogP contribution >= 0.6 is 0 Å². The van der Waals surface area contributed by atoms with Gasteiger partial charge >= 0.3 is 6.09 Å². The Labute approximate surface area is 221 Å². The van der Waals surface area contributed by atoms with Crippen molar-refractivity contribution >= 4 is 29.0 Å². The van der Waals surface area contributed by atoms with Crippen molar-refractivity contribution in [2.75, 3.05) is 31.5 Å². The molecule has 1 N–H and O–H groups in total. The van der Waals surface area contributed by atoms with Crippen molar-refractivity contribution in [3.8, 4) is 0 Å². The van der Waals surface area contributed by atoms with Gasteiger partial charge in [-0.15, -0.1) is 0 Å². The highest BCUT2D eigenvalue weighted by atomic mass is 16.6.